The maximum Gasteiger partial charge on any atom is 0.307 e. The van der Waals surface area contributed by atoms with Crippen LogP contribution in [0.3, 0.4) is 0 Å². The molecule has 2 heterocycles. The zero-order valence-electron chi connectivity index (χ0n) is 17.9. The van der Waals surface area contributed by atoms with Crippen molar-refractivity contribution in [3.05, 3.63) is 89.4 Å². The van der Waals surface area contributed by atoms with Gasteiger partial charge in [0.05, 0.1) is 24.2 Å². The average molecular weight is 435 g/mol. The summed E-state index contributed by atoms with van der Waals surface area (Å²) in [5, 5.41) is 19.6. The monoisotopic (exact) mass is 434 g/mol. The standard InChI is InChI=1S/C25H27FN4O2/c1-16(19-12-17(13-23(31)32)9-10-20(19)26)14-29-24(18-6-3-2-4-7-18)22-15-28-21-8-5-11-27-25(21)30-22/h2-12,16,22,24,28-29H,13-15H2,1H3,(H,27,30)(H,31,32)/t16-,22+,24+/m0/s1. The van der Waals surface area contributed by atoms with Crippen LogP contribution in [0.5, 0.6) is 0 Å². The van der Waals surface area contributed by atoms with E-state index in [0.29, 0.717) is 24.2 Å². The second-order valence-electron chi connectivity index (χ2n) is 8.16. The number of aromatic nitrogens is 1. The van der Waals surface area contributed by atoms with E-state index in [0.717, 1.165) is 17.1 Å². The second-order valence-corrected chi connectivity index (χ2v) is 8.16. The van der Waals surface area contributed by atoms with Gasteiger partial charge in [-0.3, -0.25) is 4.79 Å². The molecule has 0 aliphatic carbocycles. The molecule has 0 saturated carbocycles. The molecule has 4 rings (SSSR count). The smallest absolute Gasteiger partial charge is 0.307 e. The SMILES string of the molecule is C[C@@H](CN[C@H](c1ccccc1)[C@H]1CNc2cccnc2N1)c1cc(CC(=O)O)ccc1F. The lowest BCUT2D eigenvalue weighted by molar-refractivity contribution is -0.136. The van der Waals surface area contributed by atoms with Crippen molar-refractivity contribution in [2.45, 2.75) is 31.3 Å². The summed E-state index contributed by atoms with van der Waals surface area (Å²) >= 11 is 0. The minimum absolute atomic E-state index is 0.0356. The Labute approximate surface area is 186 Å². The minimum atomic E-state index is -0.928. The van der Waals surface area contributed by atoms with Crippen molar-refractivity contribution in [2.24, 2.45) is 0 Å². The van der Waals surface area contributed by atoms with Crippen LogP contribution in [0.15, 0.2) is 66.9 Å². The van der Waals surface area contributed by atoms with Crippen molar-refractivity contribution in [3.8, 4) is 0 Å². The van der Waals surface area contributed by atoms with Crippen LogP contribution in [0.4, 0.5) is 15.9 Å². The maximum absolute atomic E-state index is 14.5. The molecule has 0 amide bonds. The van der Waals surface area contributed by atoms with Gasteiger partial charge in [-0.15, -0.1) is 0 Å². The first-order chi connectivity index (χ1) is 15.5. The van der Waals surface area contributed by atoms with E-state index in [4.69, 9.17) is 5.11 Å². The highest BCUT2D eigenvalue weighted by molar-refractivity contribution is 5.70. The van der Waals surface area contributed by atoms with E-state index < -0.39 is 5.97 Å². The number of rotatable bonds is 8. The fourth-order valence-electron chi connectivity index (χ4n) is 4.13. The van der Waals surface area contributed by atoms with Gasteiger partial charge in [-0.05, 0) is 40.8 Å². The molecule has 0 saturated heterocycles. The van der Waals surface area contributed by atoms with Crippen LogP contribution >= 0.6 is 0 Å². The minimum Gasteiger partial charge on any atom is -0.481 e. The Kier molecular flexibility index (Phi) is 6.66. The van der Waals surface area contributed by atoms with Crippen LogP contribution in [0, 0.1) is 5.82 Å². The van der Waals surface area contributed by atoms with Crippen LogP contribution in [-0.2, 0) is 11.2 Å². The summed E-state index contributed by atoms with van der Waals surface area (Å²) in [7, 11) is 0. The van der Waals surface area contributed by atoms with Gasteiger partial charge >= 0.3 is 5.97 Å². The lowest BCUT2D eigenvalue weighted by atomic mass is 9.94. The molecule has 3 atom stereocenters. The van der Waals surface area contributed by atoms with Crippen LogP contribution in [0.1, 0.15) is 35.6 Å². The number of carboxylic acids is 1. The van der Waals surface area contributed by atoms with Gasteiger partial charge in [-0.2, -0.15) is 0 Å². The number of nitrogens with one attached hydrogen (secondary N) is 3. The third-order valence-corrected chi connectivity index (χ3v) is 5.79. The molecule has 6 nitrogen and oxygen atoms in total. The van der Waals surface area contributed by atoms with Crippen molar-refractivity contribution < 1.29 is 14.3 Å². The molecule has 1 aliphatic rings. The fraction of sp³-hybridized carbons (Fsp3) is 0.280. The number of pyridine rings is 1. The second kappa shape index (κ2) is 9.78. The first kappa shape index (κ1) is 21.8. The van der Waals surface area contributed by atoms with E-state index in [9.17, 15) is 9.18 Å². The molecule has 0 spiro atoms. The van der Waals surface area contributed by atoms with Crippen LogP contribution in [0.2, 0.25) is 0 Å². The number of carboxylic acid groups (broad SMARTS) is 1. The summed E-state index contributed by atoms with van der Waals surface area (Å²) < 4.78 is 14.5. The normalized spacial score (nSPS) is 16.9. The van der Waals surface area contributed by atoms with Gasteiger partial charge in [-0.25, -0.2) is 9.37 Å². The molecular weight excluding hydrogens is 407 g/mol. The zero-order chi connectivity index (χ0) is 22.5. The molecule has 0 radical (unpaired) electrons. The first-order valence-corrected chi connectivity index (χ1v) is 10.7. The van der Waals surface area contributed by atoms with Crippen LogP contribution in [0.25, 0.3) is 0 Å². The third kappa shape index (κ3) is 5.06. The van der Waals surface area contributed by atoms with E-state index in [1.807, 2.05) is 37.3 Å². The molecule has 0 bridgehead atoms. The molecule has 3 aromatic rings. The summed E-state index contributed by atoms with van der Waals surface area (Å²) in [6.45, 7) is 3.18. The predicted molar refractivity (Wildman–Crippen MR) is 123 cm³/mol. The number of aliphatic carboxylic acids is 1. The van der Waals surface area contributed by atoms with Crippen LogP contribution in [-0.4, -0.2) is 35.2 Å². The molecule has 0 unspecified atom stereocenters. The molecule has 1 aliphatic heterocycles. The summed E-state index contributed by atoms with van der Waals surface area (Å²) in [4.78, 5) is 15.5. The molecule has 1 aromatic heterocycles. The Morgan fingerprint density at radius 3 is 2.81 bits per heavy atom. The molecule has 0 fully saturated rings. The van der Waals surface area contributed by atoms with Gasteiger partial charge in [0.15, 0.2) is 0 Å². The highest BCUT2D eigenvalue weighted by Crippen LogP contribution is 2.29. The Morgan fingerprint density at radius 2 is 2.03 bits per heavy atom. The van der Waals surface area contributed by atoms with Gasteiger partial charge < -0.3 is 21.1 Å². The number of hydrogen-bond acceptors (Lipinski definition) is 5. The number of halogens is 1. The summed E-state index contributed by atoms with van der Waals surface area (Å²) in [5.41, 5.74) is 3.21. The Morgan fingerprint density at radius 1 is 1.22 bits per heavy atom. The van der Waals surface area contributed by atoms with Gasteiger partial charge in [0.1, 0.15) is 11.6 Å². The largest absolute Gasteiger partial charge is 0.481 e. The molecule has 166 valence electrons. The Bertz CT molecular complexity index is 1080. The molecule has 2 aromatic carbocycles. The zero-order valence-corrected chi connectivity index (χ0v) is 17.9. The van der Waals surface area contributed by atoms with Crippen molar-refractivity contribution in [2.75, 3.05) is 23.7 Å². The number of fused-ring (bicyclic) bond motifs is 1. The topological polar surface area (TPSA) is 86.3 Å². The van der Waals surface area contributed by atoms with E-state index in [1.165, 1.54) is 12.1 Å². The number of benzene rings is 2. The van der Waals surface area contributed by atoms with E-state index in [-0.39, 0.29) is 30.2 Å². The van der Waals surface area contributed by atoms with Crippen molar-refractivity contribution in [3.63, 3.8) is 0 Å². The lowest BCUT2D eigenvalue weighted by Crippen LogP contribution is -2.45. The molecule has 7 heteroatoms. The van der Waals surface area contributed by atoms with Gasteiger partial charge in [0.2, 0.25) is 0 Å². The number of carbonyl (C=O) groups is 1. The molecular formula is C25H27FN4O2. The Hall–Kier alpha value is -3.45. The first-order valence-electron chi connectivity index (χ1n) is 10.7. The molecule has 4 N–H and O–H groups in total. The quantitative estimate of drug-likeness (QED) is 0.425. The van der Waals surface area contributed by atoms with Gasteiger partial charge in [0.25, 0.3) is 0 Å². The average Bonchev–Trinajstić information content (AvgIpc) is 2.80. The number of nitrogens with zero attached hydrogens (tertiary/aromatic N) is 1. The summed E-state index contributed by atoms with van der Waals surface area (Å²) in [5.74, 6) is -0.577. The van der Waals surface area contributed by atoms with E-state index in [1.54, 1.807) is 12.3 Å². The highest BCUT2D eigenvalue weighted by Gasteiger charge is 2.28. The highest BCUT2D eigenvalue weighted by atomic mass is 19.1. The third-order valence-electron chi connectivity index (χ3n) is 5.79. The molecule has 32 heavy (non-hydrogen) atoms. The van der Waals surface area contributed by atoms with E-state index >= 15 is 0 Å². The van der Waals surface area contributed by atoms with Crippen molar-refractivity contribution in [1.82, 2.24) is 10.3 Å². The summed E-state index contributed by atoms with van der Waals surface area (Å²) in [6.07, 6.45) is 1.64. The fourth-order valence-corrected chi connectivity index (χ4v) is 4.13. The van der Waals surface area contributed by atoms with E-state index in [2.05, 4.69) is 33.1 Å². The maximum atomic E-state index is 14.5. The van der Waals surface area contributed by atoms with Crippen LogP contribution < -0.4 is 16.0 Å². The lowest BCUT2D eigenvalue weighted by Gasteiger charge is -2.35. The van der Waals surface area contributed by atoms with Gasteiger partial charge in [-0.1, -0.05) is 49.4 Å². The van der Waals surface area contributed by atoms with Crippen molar-refractivity contribution >= 4 is 17.5 Å². The van der Waals surface area contributed by atoms with Crippen molar-refractivity contribution in [1.29, 1.82) is 0 Å². The number of hydrogen-bond donors (Lipinski definition) is 4. The summed E-state index contributed by atoms with van der Waals surface area (Å²) in [6, 6.07) is 18.6. The van der Waals surface area contributed by atoms with Gasteiger partial charge in [0, 0.05) is 19.3 Å². The predicted octanol–water partition coefficient (Wildman–Crippen LogP) is 4.19. The Balaban J connectivity index is 1.52. The number of anilines is 2.